The van der Waals surface area contributed by atoms with Gasteiger partial charge in [0.05, 0.1) is 6.61 Å². The van der Waals surface area contributed by atoms with Gasteiger partial charge < -0.3 is 10.5 Å². The third kappa shape index (κ3) is 4.97. The van der Waals surface area contributed by atoms with Gasteiger partial charge in [0, 0.05) is 17.9 Å². The van der Waals surface area contributed by atoms with Crippen LogP contribution in [0.5, 0.6) is 0 Å². The van der Waals surface area contributed by atoms with Crippen LogP contribution in [0.15, 0.2) is 0 Å². The molecule has 3 nitrogen and oxygen atoms in total. The molecule has 0 amide bonds. The van der Waals surface area contributed by atoms with E-state index in [9.17, 15) is 4.79 Å². The van der Waals surface area contributed by atoms with Crippen LogP contribution in [-0.4, -0.2) is 18.6 Å². The van der Waals surface area contributed by atoms with Gasteiger partial charge in [-0.25, -0.2) is 0 Å². The second kappa shape index (κ2) is 5.60. The Bertz CT molecular complexity index is 299. The minimum absolute atomic E-state index is 0.0355. The predicted octanol–water partition coefficient (Wildman–Crippen LogP) is 3.12. The quantitative estimate of drug-likeness (QED) is 0.785. The molecule has 0 saturated heterocycles. The molecule has 0 aliphatic heterocycles. The van der Waals surface area contributed by atoms with Gasteiger partial charge in [-0.3, -0.25) is 4.79 Å². The van der Waals surface area contributed by atoms with E-state index in [1.807, 2.05) is 13.8 Å². The predicted molar refractivity (Wildman–Crippen MR) is 74.1 cm³/mol. The second-order valence-electron chi connectivity index (χ2n) is 7.58. The molecule has 3 heteroatoms. The van der Waals surface area contributed by atoms with E-state index < -0.39 is 0 Å². The zero-order valence-corrected chi connectivity index (χ0v) is 12.6. The number of nitrogens with two attached hydrogens (primary N) is 1. The molecule has 1 fully saturated rings. The smallest absolute Gasteiger partial charge is 0.306 e. The summed E-state index contributed by atoms with van der Waals surface area (Å²) < 4.78 is 5.44. The number of rotatable bonds is 4. The van der Waals surface area contributed by atoms with E-state index in [1.54, 1.807) is 0 Å². The fourth-order valence-corrected chi connectivity index (χ4v) is 3.47. The second-order valence-corrected chi connectivity index (χ2v) is 7.58. The largest absolute Gasteiger partial charge is 0.465 e. The van der Waals surface area contributed by atoms with Gasteiger partial charge in [-0.15, -0.1) is 0 Å². The first kappa shape index (κ1) is 15.5. The van der Waals surface area contributed by atoms with E-state index >= 15 is 0 Å². The Balaban J connectivity index is 2.51. The number of esters is 1. The molecule has 18 heavy (non-hydrogen) atoms. The van der Waals surface area contributed by atoms with Crippen molar-refractivity contribution in [2.24, 2.45) is 22.5 Å². The van der Waals surface area contributed by atoms with Crippen molar-refractivity contribution in [3.63, 3.8) is 0 Å². The fourth-order valence-electron chi connectivity index (χ4n) is 3.47. The summed E-state index contributed by atoms with van der Waals surface area (Å²) >= 11 is 0. The molecule has 0 heterocycles. The van der Waals surface area contributed by atoms with Crippen LogP contribution < -0.4 is 5.73 Å². The molecule has 0 bridgehead atoms. The molecule has 0 aromatic rings. The van der Waals surface area contributed by atoms with E-state index in [0.717, 1.165) is 19.3 Å². The monoisotopic (exact) mass is 255 g/mol. The maximum atomic E-state index is 11.6. The Morgan fingerprint density at radius 1 is 1.33 bits per heavy atom. The third-order valence-corrected chi connectivity index (χ3v) is 3.63. The molecule has 0 aromatic carbocycles. The van der Waals surface area contributed by atoms with Crippen LogP contribution in [0.3, 0.4) is 0 Å². The molecule has 106 valence electrons. The normalized spacial score (nSPS) is 31.4. The highest BCUT2D eigenvalue weighted by atomic mass is 16.5. The van der Waals surface area contributed by atoms with Gasteiger partial charge in [-0.05, 0) is 30.6 Å². The molecule has 2 unspecified atom stereocenters. The lowest BCUT2D eigenvalue weighted by molar-refractivity contribution is -0.149. The van der Waals surface area contributed by atoms with E-state index in [2.05, 4.69) is 20.8 Å². The highest BCUT2D eigenvalue weighted by Crippen LogP contribution is 2.45. The SMILES string of the molecule is CC(C)CC(=O)OCC1(C)CC(N)CC(C)(C)C1. The average Bonchev–Trinajstić information content (AvgIpc) is 2.09. The van der Waals surface area contributed by atoms with Crippen molar-refractivity contribution in [1.29, 1.82) is 0 Å². The van der Waals surface area contributed by atoms with Gasteiger partial charge in [-0.1, -0.05) is 34.6 Å². The van der Waals surface area contributed by atoms with E-state index in [0.29, 0.717) is 18.9 Å². The molecule has 1 aliphatic rings. The lowest BCUT2D eigenvalue weighted by atomic mass is 9.63. The number of hydrogen-bond acceptors (Lipinski definition) is 3. The van der Waals surface area contributed by atoms with Crippen LogP contribution in [0, 0.1) is 16.7 Å². The first-order valence-corrected chi connectivity index (χ1v) is 7.03. The van der Waals surface area contributed by atoms with Crippen LogP contribution in [0.2, 0.25) is 0 Å². The minimum Gasteiger partial charge on any atom is -0.465 e. The van der Waals surface area contributed by atoms with E-state index in [-0.39, 0.29) is 22.8 Å². The third-order valence-electron chi connectivity index (χ3n) is 3.63. The molecule has 0 radical (unpaired) electrons. The first-order valence-electron chi connectivity index (χ1n) is 7.03. The molecule has 1 aliphatic carbocycles. The van der Waals surface area contributed by atoms with Crippen LogP contribution in [0.1, 0.15) is 60.3 Å². The first-order chi connectivity index (χ1) is 8.12. The Labute approximate surface area is 111 Å². The molecule has 2 atom stereocenters. The van der Waals surface area contributed by atoms with Crippen LogP contribution in [0.4, 0.5) is 0 Å². The zero-order valence-electron chi connectivity index (χ0n) is 12.6. The van der Waals surface area contributed by atoms with Crippen LogP contribution in [-0.2, 0) is 9.53 Å². The summed E-state index contributed by atoms with van der Waals surface area (Å²) in [6.45, 7) is 11.3. The molecular formula is C15H29NO2. The molecular weight excluding hydrogens is 226 g/mol. The average molecular weight is 255 g/mol. The number of ether oxygens (including phenoxy) is 1. The van der Waals surface area contributed by atoms with Crippen molar-refractivity contribution in [1.82, 2.24) is 0 Å². The molecule has 1 saturated carbocycles. The van der Waals surface area contributed by atoms with E-state index in [1.165, 1.54) is 0 Å². The Kier molecular flexibility index (Phi) is 4.82. The Hall–Kier alpha value is -0.570. The molecule has 0 aromatic heterocycles. The van der Waals surface area contributed by atoms with Crippen LogP contribution >= 0.6 is 0 Å². The number of hydrogen-bond donors (Lipinski definition) is 1. The Morgan fingerprint density at radius 3 is 2.44 bits per heavy atom. The zero-order chi connectivity index (χ0) is 14.0. The summed E-state index contributed by atoms with van der Waals surface area (Å²) in [7, 11) is 0. The van der Waals surface area contributed by atoms with Gasteiger partial charge in [-0.2, -0.15) is 0 Å². The molecule has 0 spiro atoms. The van der Waals surface area contributed by atoms with Gasteiger partial charge in [0.2, 0.25) is 0 Å². The van der Waals surface area contributed by atoms with Crippen molar-refractivity contribution in [3.8, 4) is 0 Å². The highest BCUT2D eigenvalue weighted by Gasteiger charge is 2.40. The number of carbonyl (C=O) groups is 1. The van der Waals surface area contributed by atoms with Gasteiger partial charge in [0.25, 0.3) is 0 Å². The van der Waals surface area contributed by atoms with Gasteiger partial charge in [0.1, 0.15) is 0 Å². The van der Waals surface area contributed by atoms with Crippen molar-refractivity contribution in [3.05, 3.63) is 0 Å². The van der Waals surface area contributed by atoms with Crippen molar-refractivity contribution < 1.29 is 9.53 Å². The maximum Gasteiger partial charge on any atom is 0.306 e. The summed E-state index contributed by atoms with van der Waals surface area (Å²) in [6.07, 6.45) is 3.59. The van der Waals surface area contributed by atoms with Gasteiger partial charge in [0.15, 0.2) is 0 Å². The van der Waals surface area contributed by atoms with Gasteiger partial charge >= 0.3 is 5.97 Å². The summed E-state index contributed by atoms with van der Waals surface area (Å²) in [4.78, 5) is 11.6. The van der Waals surface area contributed by atoms with Crippen LogP contribution in [0.25, 0.3) is 0 Å². The lowest BCUT2D eigenvalue weighted by Gasteiger charge is -2.45. The summed E-state index contributed by atoms with van der Waals surface area (Å²) in [5.41, 5.74) is 6.42. The van der Waals surface area contributed by atoms with E-state index in [4.69, 9.17) is 10.5 Å². The standard InChI is InChI=1S/C15H29NO2/c1-11(2)6-13(17)18-10-15(5)8-12(16)7-14(3,4)9-15/h11-12H,6-10,16H2,1-5H3. The van der Waals surface area contributed by atoms with Crippen molar-refractivity contribution >= 4 is 5.97 Å². The Morgan fingerprint density at radius 2 is 1.94 bits per heavy atom. The molecule has 1 rings (SSSR count). The number of carbonyl (C=O) groups excluding carboxylic acids is 1. The fraction of sp³-hybridized carbons (Fsp3) is 0.933. The lowest BCUT2D eigenvalue weighted by Crippen LogP contribution is -2.44. The topological polar surface area (TPSA) is 52.3 Å². The summed E-state index contributed by atoms with van der Waals surface area (Å²) in [5, 5.41) is 0. The van der Waals surface area contributed by atoms with Crippen molar-refractivity contribution in [2.75, 3.05) is 6.61 Å². The minimum atomic E-state index is -0.0804. The highest BCUT2D eigenvalue weighted by molar-refractivity contribution is 5.69. The molecule has 2 N–H and O–H groups in total. The summed E-state index contributed by atoms with van der Waals surface area (Å²) in [6, 6.07) is 0.225. The maximum absolute atomic E-state index is 11.6. The summed E-state index contributed by atoms with van der Waals surface area (Å²) in [5.74, 6) is 0.276. The van der Waals surface area contributed by atoms with Crippen molar-refractivity contribution in [2.45, 2.75) is 66.3 Å².